The van der Waals surface area contributed by atoms with Gasteiger partial charge in [0.1, 0.15) is 5.75 Å². The monoisotopic (exact) mass is 382 g/mol. The Morgan fingerprint density at radius 1 is 0.893 bits per heavy atom. The van der Waals surface area contributed by atoms with E-state index in [1.165, 1.54) is 57.1 Å². The van der Waals surface area contributed by atoms with Gasteiger partial charge in [-0.1, -0.05) is 51.9 Å². The lowest BCUT2D eigenvalue weighted by molar-refractivity contribution is -0.384. The first-order valence-corrected chi connectivity index (χ1v) is 10.2. The number of nitro benzene ring substituents is 1. The fourth-order valence-electron chi connectivity index (χ4n) is 2.89. The molecule has 150 valence electrons. The van der Waals surface area contributed by atoms with Gasteiger partial charge in [-0.15, -0.1) is 0 Å². The van der Waals surface area contributed by atoms with Gasteiger partial charge in [-0.3, -0.25) is 15.1 Å². The van der Waals surface area contributed by atoms with E-state index in [9.17, 15) is 10.1 Å². The van der Waals surface area contributed by atoms with Crippen LogP contribution in [0.1, 0.15) is 63.9 Å². The summed E-state index contributed by atoms with van der Waals surface area (Å²) < 4.78 is 5.80. The Labute approximate surface area is 167 Å². The molecular formula is C23H30N2O3. The maximum atomic E-state index is 10.7. The minimum Gasteiger partial charge on any atom is -0.494 e. The molecule has 2 aromatic carbocycles. The predicted octanol–water partition coefficient (Wildman–Crippen LogP) is 6.86. The lowest BCUT2D eigenvalue weighted by Crippen LogP contribution is -1.97. The van der Waals surface area contributed by atoms with Crippen molar-refractivity contribution >= 4 is 17.6 Å². The molecule has 0 saturated heterocycles. The zero-order valence-corrected chi connectivity index (χ0v) is 16.7. The minimum absolute atomic E-state index is 0.0666. The number of unbranched alkanes of at least 4 members (excludes halogenated alkanes) is 7. The molecule has 0 spiro atoms. The van der Waals surface area contributed by atoms with Gasteiger partial charge in [-0.05, 0) is 48.4 Å². The van der Waals surface area contributed by atoms with Gasteiger partial charge in [0.05, 0.1) is 17.2 Å². The van der Waals surface area contributed by atoms with E-state index in [1.807, 2.05) is 24.3 Å². The summed E-state index contributed by atoms with van der Waals surface area (Å²) in [6.07, 6.45) is 12.1. The Hall–Kier alpha value is -2.69. The number of hydrogen-bond donors (Lipinski definition) is 0. The first-order valence-electron chi connectivity index (χ1n) is 10.2. The Balaban J connectivity index is 1.66. The average molecular weight is 383 g/mol. The fourth-order valence-corrected chi connectivity index (χ4v) is 2.89. The lowest BCUT2D eigenvalue weighted by atomic mass is 10.1. The summed E-state index contributed by atoms with van der Waals surface area (Å²) in [5.74, 6) is 0.871. The molecule has 0 saturated carbocycles. The van der Waals surface area contributed by atoms with Gasteiger partial charge in [0, 0.05) is 18.3 Å². The molecule has 2 aromatic rings. The molecule has 0 radical (unpaired) electrons. The van der Waals surface area contributed by atoms with Crippen molar-refractivity contribution < 1.29 is 9.66 Å². The van der Waals surface area contributed by atoms with Crippen molar-refractivity contribution in [1.29, 1.82) is 0 Å². The lowest BCUT2D eigenvalue weighted by Gasteiger charge is -2.06. The van der Waals surface area contributed by atoms with Gasteiger partial charge in [0.2, 0.25) is 0 Å². The van der Waals surface area contributed by atoms with Gasteiger partial charge in [-0.25, -0.2) is 0 Å². The topological polar surface area (TPSA) is 64.7 Å². The molecule has 0 unspecified atom stereocenters. The third-order valence-corrected chi connectivity index (χ3v) is 4.57. The van der Waals surface area contributed by atoms with E-state index in [0.717, 1.165) is 24.3 Å². The summed E-state index contributed by atoms with van der Waals surface area (Å²) in [6, 6.07) is 14.0. The summed E-state index contributed by atoms with van der Waals surface area (Å²) in [4.78, 5) is 14.6. The van der Waals surface area contributed by atoms with Crippen LogP contribution < -0.4 is 4.74 Å². The molecular weight excluding hydrogens is 352 g/mol. The van der Waals surface area contributed by atoms with E-state index >= 15 is 0 Å². The Bertz CT molecular complexity index is 725. The van der Waals surface area contributed by atoms with Crippen LogP contribution in [0.3, 0.4) is 0 Å². The highest BCUT2D eigenvalue weighted by Crippen LogP contribution is 2.18. The smallest absolute Gasteiger partial charge is 0.269 e. The largest absolute Gasteiger partial charge is 0.494 e. The normalized spacial score (nSPS) is 11.0. The molecule has 0 aliphatic rings. The molecule has 0 aromatic heterocycles. The number of rotatable bonds is 13. The Morgan fingerprint density at radius 3 is 2.11 bits per heavy atom. The van der Waals surface area contributed by atoms with Crippen LogP contribution in [0.4, 0.5) is 11.4 Å². The zero-order valence-electron chi connectivity index (χ0n) is 16.7. The zero-order chi connectivity index (χ0) is 20.0. The molecule has 5 heteroatoms. The van der Waals surface area contributed by atoms with Crippen molar-refractivity contribution in [3.05, 3.63) is 64.2 Å². The fraction of sp³-hybridized carbons (Fsp3) is 0.435. The molecule has 0 heterocycles. The third-order valence-electron chi connectivity index (χ3n) is 4.57. The number of nitro groups is 1. The van der Waals surface area contributed by atoms with Crippen LogP contribution in [0.2, 0.25) is 0 Å². The van der Waals surface area contributed by atoms with Crippen molar-refractivity contribution in [3.8, 4) is 5.75 Å². The standard InChI is InChI=1S/C23H30N2O3/c1-2-3-4-5-6-7-8-9-18-28-23-16-10-20(11-17-23)19-24-21-12-14-22(15-13-21)25(26)27/h10-17,19H,2-9,18H2,1H3. The van der Waals surface area contributed by atoms with Crippen molar-refractivity contribution in [2.24, 2.45) is 4.99 Å². The van der Waals surface area contributed by atoms with E-state index in [2.05, 4.69) is 11.9 Å². The molecule has 0 atom stereocenters. The van der Waals surface area contributed by atoms with E-state index < -0.39 is 4.92 Å². The van der Waals surface area contributed by atoms with Crippen LogP contribution in [0, 0.1) is 10.1 Å². The number of hydrogen-bond acceptors (Lipinski definition) is 4. The second-order valence-corrected chi connectivity index (χ2v) is 6.92. The summed E-state index contributed by atoms with van der Waals surface area (Å²) in [5, 5.41) is 10.7. The first-order chi connectivity index (χ1) is 13.7. The number of ether oxygens (including phenoxy) is 1. The molecule has 0 aliphatic carbocycles. The second kappa shape index (κ2) is 12.7. The van der Waals surface area contributed by atoms with Crippen molar-refractivity contribution in [2.45, 2.75) is 58.3 Å². The van der Waals surface area contributed by atoms with Crippen LogP contribution in [0.15, 0.2) is 53.5 Å². The molecule has 28 heavy (non-hydrogen) atoms. The van der Waals surface area contributed by atoms with Crippen molar-refractivity contribution in [1.82, 2.24) is 0 Å². The van der Waals surface area contributed by atoms with Crippen LogP contribution in [-0.4, -0.2) is 17.7 Å². The van der Waals surface area contributed by atoms with Gasteiger partial charge < -0.3 is 4.74 Å². The minimum atomic E-state index is -0.417. The molecule has 2 rings (SSSR count). The van der Waals surface area contributed by atoms with Crippen molar-refractivity contribution in [3.63, 3.8) is 0 Å². The average Bonchev–Trinajstić information content (AvgIpc) is 2.72. The highest BCUT2D eigenvalue weighted by Gasteiger charge is 2.02. The SMILES string of the molecule is CCCCCCCCCCOc1ccc(C=Nc2ccc([N+](=O)[O-])cc2)cc1. The van der Waals surface area contributed by atoms with Crippen molar-refractivity contribution in [2.75, 3.05) is 6.61 Å². The second-order valence-electron chi connectivity index (χ2n) is 6.92. The number of benzene rings is 2. The Morgan fingerprint density at radius 2 is 1.50 bits per heavy atom. The number of aliphatic imine (C=N–C) groups is 1. The number of non-ortho nitro benzene ring substituents is 1. The van der Waals surface area contributed by atoms with Crippen LogP contribution in [-0.2, 0) is 0 Å². The van der Waals surface area contributed by atoms with E-state index in [-0.39, 0.29) is 5.69 Å². The van der Waals surface area contributed by atoms with Gasteiger partial charge in [0.15, 0.2) is 0 Å². The van der Waals surface area contributed by atoms with Gasteiger partial charge in [-0.2, -0.15) is 0 Å². The summed E-state index contributed by atoms with van der Waals surface area (Å²) in [7, 11) is 0. The quantitative estimate of drug-likeness (QED) is 0.164. The Kier molecular flexibility index (Phi) is 9.76. The van der Waals surface area contributed by atoms with Crippen LogP contribution in [0.5, 0.6) is 5.75 Å². The molecule has 0 bridgehead atoms. The molecule has 0 amide bonds. The molecule has 0 aliphatic heterocycles. The van der Waals surface area contributed by atoms with E-state index in [4.69, 9.17) is 4.74 Å². The highest BCUT2D eigenvalue weighted by atomic mass is 16.6. The third kappa shape index (κ3) is 8.33. The summed E-state index contributed by atoms with van der Waals surface area (Å²) in [5.41, 5.74) is 1.70. The maximum Gasteiger partial charge on any atom is 0.269 e. The van der Waals surface area contributed by atoms with E-state index in [1.54, 1.807) is 18.3 Å². The number of nitrogens with zero attached hydrogens (tertiary/aromatic N) is 2. The van der Waals surface area contributed by atoms with E-state index in [0.29, 0.717) is 5.69 Å². The first kappa shape index (κ1) is 21.6. The summed E-state index contributed by atoms with van der Waals surface area (Å²) >= 11 is 0. The maximum absolute atomic E-state index is 10.7. The molecule has 5 nitrogen and oxygen atoms in total. The molecule has 0 fully saturated rings. The molecule has 0 N–H and O–H groups in total. The van der Waals surface area contributed by atoms with Gasteiger partial charge in [0.25, 0.3) is 5.69 Å². The highest BCUT2D eigenvalue weighted by molar-refractivity contribution is 5.82. The predicted molar refractivity (Wildman–Crippen MR) is 115 cm³/mol. The summed E-state index contributed by atoms with van der Waals surface area (Å²) in [6.45, 7) is 3.00. The van der Waals surface area contributed by atoms with Crippen LogP contribution in [0.25, 0.3) is 0 Å². The van der Waals surface area contributed by atoms with Crippen LogP contribution >= 0.6 is 0 Å². The van der Waals surface area contributed by atoms with Gasteiger partial charge >= 0.3 is 0 Å².